The number of aliphatic imine (C=N–C) groups is 2. The normalized spacial score (nSPS) is 12.8. The molecule has 7 heteroatoms. The van der Waals surface area contributed by atoms with Gasteiger partial charge in [0.25, 0.3) is 5.91 Å². The largest absolute Gasteiger partial charge is 0.497 e. The lowest BCUT2D eigenvalue weighted by Gasteiger charge is -2.15. The first-order valence-electron chi connectivity index (χ1n) is 10.4. The lowest BCUT2D eigenvalue weighted by molar-refractivity contribution is 0.0996. The summed E-state index contributed by atoms with van der Waals surface area (Å²) >= 11 is 0. The molecule has 3 aromatic rings. The standard InChI is InChI=1S/C26H25N5O2/c1-16(15-30-25(14-27)29-3)11-17(2)19-7-10-21-22(18-5-8-20(33-4)9-6-18)13-24(26(28)32)31-23(21)12-19/h5-10,12-13,15,17H,3,11H2,1-2,4H3,(H2,28,32)/b16-15+,30-25-. The lowest BCUT2D eigenvalue weighted by Crippen LogP contribution is -2.13. The van der Waals surface area contributed by atoms with Crippen molar-refractivity contribution in [2.75, 3.05) is 7.11 Å². The van der Waals surface area contributed by atoms with Gasteiger partial charge >= 0.3 is 0 Å². The van der Waals surface area contributed by atoms with Gasteiger partial charge in [0.1, 0.15) is 17.5 Å². The van der Waals surface area contributed by atoms with E-state index in [4.69, 9.17) is 15.7 Å². The summed E-state index contributed by atoms with van der Waals surface area (Å²) in [6, 6.07) is 17.3. The van der Waals surface area contributed by atoms with Crippen LogP contribution in [0, 0.1) is 11.3 Å². The Kier molecular flexibility index (Phi) is 7.31. The monoisotopic (exact) mass is 439 g/mol. The molecule has 0 aliphatic rings. The Hall–Kier alpha value is -4.31. The molecule has 1 aromatic heterocycles. The van der Waals surface area contributed by atoms with Gasteiger partial charge in [-0.2, -0.15) is 5.26 Å². The number of carbonyl (C=O) groups is 1. The molecule has 0 aliphatic carbocycles. The van der Waals surface area contributed by atoms with Crippen LogP contribution in [0.4, 0.5) is 0 Å². The number of methoxy groups -OCH3 is 1. The van der Waals surface area contributed by atoms with Crippen LogP contribution in [-0.4, -0.2) is 30.6 Å². The fourth-order valence-electron chi connectivity index (χ4n) is 3.62. The summed E-state index contributed by atoms with van der Waals surface area (Å²) in [5.41, 5.74) is 10.4. The number of fused-ring (bicyclic) bond motifs is 1. The van der Waals surface area contributed by atoms with E-state index in [2.05, 4.69) is 34.7 Å². The number of nitrogens with zero attached hydrogens (tertiary/aromatic N) is 4. The molecule has 0 spiro atoms. The molecule has 1 atom stereocenters. The number of nitrogens with two attached hydrogens (primary N) is 1. The van der Waals surface area contributed by atoms with E-state index >= 15 is 0 Å². The van der Waals surface area contributed by atoms with Gasteiger partial charge in [-0.1, -0.05) is 36.8 Å². The van der Waals surface area contributed by atoms with Gasteiger partial charge in [0.05, 0.1) is 12.6 Å². The van der Waals surface area contributed by atoms with Crippen molar-refractivity contribution in [2.45, 2.75) is 26.2 Å². The average Bonchev–Trinajstić information content (AvgIpc) is 2.83. The van der Waals surface area contributed by atoms with Crippen molar-refractivity contribution in [3.8, 4) is 22.9 Å². The second-order valence-corrected chi connectivity index (χ2v) is 7.73. The first kappa shape index (κ1) is 23.4. The summed E-state index contributed by atoms with van der Waals surface area (Å²) in [5, 5.41) is 9.83. The van der Waals surface area contributed by atoms with E-state index in [0.717, 1.165) is 39.8 Å². The third-order valence-corrected chi connectivity index (χ3v) is 5.34. The van der Waals surface area contributed by atoms with Gasteiger partial charge in [0.2, 0.25) is 5.84 Å². The minimum absolute atomic E-state index is 0.0296. The molecule has 1 amide bonds. The van der Waals surface area contributed by atoms with Crippen molar-refractivity contribution < 1.29 is 9.53 Å². The fraction of sp³-hybridized carbons (Fsp3) is 0.192. The van der Waals surface area contributed by atoms with Gasteiger partial charge in [-0.25, -0.2) is 15.0 Å². The Balaban J connectivity index is 2.00. The van der Waals surface area contributed by atoms with Crippen LogP contribution in [0.2, 0.25) is 0 Å². The number of hydrogen-bond donors (Lipinski definition) is 1. The zero-order valence-electron chi connectivity index (χ0n) is 18.9. The van der Waals surface area contributed by atoms with E-state index < -0.39 is 5.91 Å². The fourth-order valence-corrected chi connectivity index (χ4v) is 3.62. The summed E-state index contributed by atoms with van der Waals surface area (Å²) in [6.07, 6.45) is 2.36. The third-order valence-electron chi connectivity index (χ3n) is 5.34. The molecule has 2 N–H and O–H groups in total. The minimum Gasteiger partial charge on any atom is -0.497 e. The van der Waals surface area contributed by atoms with Gasteiger partial charge in [-0.05, 0) is 66.9 Å². The van der Waals surface area contributed by atoms with E-state index in [1.54, 1.807) is 19.4 Å². The molecular formula is C26H25N5O2. The number of amidine groups is 1. The number of amides is 1. The molecule has 0 aliphatic heterocycles. The highest BCUT2D eigenvalue weighted by Crippen LogP contribution is 2.33. The van der Waals surface area contributed by atoms with Crippen LogP contribution in [0.5, 0.6) is 5.75 Å². The minimum atomic E-state index is -0.578. The molecule has 0 fully saturated rings. The van der Waals surface area contributed by atoms with E-state index in [9.17, 15) is 4.79 Å². The van der Waals surface area contributed by atoms with Gasteiger partial charge in [0, 0.05) is 11.6 Å². The topological polar surface area (TPSA) is 114 Å². The number of rotatable bonds is 7. The molecule has 33 heavy (non-hydrogen) atoms. The maximum atomic E-state index is 12.0. The second kappa shape index (κ2) is 10.3. The predicted molar refractivity (Wildman–Crippen MR) is 132 cm³/mol. The molecule has 0 saturated heterocycles. The van der Waals surface area contributed by atoms with Crippen molar-refractivity contribution in [1.29, 1.82) is 5.26 Å². The van der Waals surface area contributed by atoms with Gasteiger partial charge in [-0.3, -0.25) is 4.79 Å². The predicted octanol–water partition coefficient (Wildman–Crippen LogP) is 5.03. The number of pyridine rings is 1. The summed E-state index contributed by atoms with van der Waals surface area (Å²) in [5.74, 6) is 0.362. The van der Waals surface area contributed by atoms with Crippen LogP contribution in [-0.2, 0) is 0 Å². The molecule has 1 heterocycles. The number of benzene rings is 2. The molecule has 0 saturated carbocycles. The van der Waals surface area contributed by atoms with E-state index in [1.807, 2.05) is 49.4 Å². The molecule has 1 unspecified atom stereocenters. The van der Waals surface area contributed by atoms with Gasteiger partial charge < -0.3 is 10.5 Å². The second-order valence-electron chi connectivity index (χ2n) is 7.73. The Labute approximate surface area is 193 Å². The molecule has 166 valence electrons. The van der Waals surface area contributed by atoms with Crippen molar-refractivity contribution in [3.05, 3.63) is 71.6 Å². The number of hydrogen-bond acceptors (Lipinski definition) is 5. The Morgan fingerprint density at radius 1 is 1.27 bits per heavy atom. The van der Waals surface area contributed by atoms with Gasteiger partial charge in [0.15, 0.2) is 0 Å². The zero-order valence-corrected chi connectivity index (χ0v) is 18.9. The average molecular weight is 440 g/mol. The Morgan fingerprint density at radius 3 is 2.61 bits per heavy atom. The van der Waals surface area contributed by atoms with Crippen LogP contribution >= 0.6 is 0 Å². The van der Waals surface area contributed by atoms with E-state index in [0.29, 0.717) is 5.52 Å². The first-order valence-corrected chi connectivity index (χ1v) is 10.4. The first-order chi connectivity index (χ1) is 15.9. The van der Waals surface area contributed by atoms with Crippen LogP contribution in [0.1, 0.15) is 42.2 Å². The van der Waals surface area contributed by atoms with Crippen LogP contribution in [0.15, 0.2) is 70.3 Å². The molecule has 2 aromatic carbocycles. The van der Waals surface area contributed by atoms with Crippen molar-refractivity contribution >= 4 is 29.4 Å². The highest BCUT2D eigenvalue weighted by Gasteiger charge is 2.14. The van der Waals surface area contributed by atoms with E-state index in [1.165, 1.54) is 0 Å². The highest BCUT2D eigenvalue weighted by molar-refractivity contribution is 6.01. The van der Waals surface area contributed by atoms with E-state index in [-0.39, 0.29) is 17.4 Å². The smallest absolute Gasteiger partial charge is 0.267 e. The number of primary amides is 1. The third kappa shape index (κ3) is 5.49. The maximum Gasteiger partial charge on any atom is 0.267 e. The lowest BCUT2D eigenvalue weighted by atomic mass is 9.92. The molecule has 3 rings (SSSR count). The SMILES string of the molecule is C=N/C(C#N)=N\C=C(/C)CC(C)c1ccc2c(-c3ccc(OC)cc3)cc(C(N)=O)nc2c1. The molecular weight excluding hydrogens is 414 g/mol. The number of aromatic nitrogens is 1. The number of allylic oxidation sites excluding steroid dienone is 1. The number of nitriles is 1. The molecule has 7 nitrogen and oxygen atoms in total. The summed E-state index contributed by atoms with van der Waals surface area (Å²) in [4.78, 5) is 24.1. The number of carbonyl (C=O) groups excluding carboxylic acids is 1. The van der Waals surface area contributed by atoms with Crippen molar-refractivity contribution in [1.82, 2.24) is 4.98 Å². The summed E-state index contributed by atoms with van der Waals surface area (Å²) in [6.45, 7) is 7.37. The van der Waals surface area contributed by atoms with Crippen molar-refractivity contribution in [3.63, 3.8) is 0 Å². The number of ether oxygens (including phenoxy) is 1. The van der Waals surface area contributed by atoms with Crippen LogP contribution in [0.25, 0.3) is 22.0 Å². The maximum absolute atomic E-state index is 12.0. The summed E-state index contributed by atoms with van der Waals surface area (Å²) < 4.78 is 5.25. The zero-order chi connectivity index (χ0) is 24.0. The molecule has 0 bridgehead atoms. The quantitative estimate of drug-likeness (QED) is 0.411. The van der Waals surface area contributed by atoms with Crippen LogP contribution in [0.3, 0.4) is 0 Å². The van der Waals surface area contributed by atoms with Crippen molar-refractivity contribution in [2.24, 2.45) is 15.7 Å². The Morgan fingerprint density at radius 2 is 2.00 bits per heavy atom. The summed E-state index contributed by atoms with van der Waals surface area (Å²) in [7, 11) is 1.62. The van der Waals surface area contributed by atoms with Gasteiger partial charge in [-0.15, -0.1) is 0 Å². The van der Waals surface area contributed by atoms with Crippen LogP contribution < -0.4 is 10.5 Å². The Bertz CT molecular complexity index is 1300. The highest BCUT2D eigenvalue weighted by atomic mass is 16.5. The molecule has 0 radical (unpaired) electrons.